The van der Waals surface area contributed by atoms with Gasteiger partial charge in [-0.3, -0.25) is 13.8 Å². The average molecular weight is 841 g/mol. The Balaban J connectivity index is 4.15. The first-order chi connectivity index (χ1) is 28.3. The fourth-order valence-corrected chi connectivity index (χ4v) is 7.15. The Hall–Kier alpha value is -1.58. The molecule has 0 fully saturated rings. The lowest BCUT2D eigenvalue weighted by Crippen LogP contribution is -2.29. The summed E-state index contributed by atoms with van der Waals surface area (Å²) in [6.07, 6.45) is 50.7. The van der Waals surface area contributed by atoms with Gasteiger partial charge in [-0.25, -0.2) is 4.57 Å². The smallest absolute Gasteiger partial charge is 0.457 e. The van der Waals surface area contributed by atoms with Gasteiger partial charge < -0.3 is 24.6 Å². The van der Waals surface area contributed by atoms with E-state index in [0.29, 0.717) is 13.0 Å². The Labute approximate surface area is 356 Å². The van der Waals surface area contributed by atoms with Gasteiger partial charge in [0.2, 0.25) is 0 Å². The van der Waals surface area contributed by atoms with Crippen molar-refractivity contribution in [2.75, 3.05) is 33.0 Å². The standard InChI is InChI=1S/C48H89O9P/c1-3-5-7-9-11-13-15-17-19-20-21-22-23-24-25-27-29-31-33-35-37-39-41-54-44-47(45-56-58(52,53)55-43-46(50)42-49)57-48(51)40-38-36-34-32-30-28-26-18-16-14-12-10-8-6-4-2/h15,17-18,20-21,23-24,26,46-47,49-50H,3-14,16,19,22,25,27-45H2,1-2H3,(H,52,53)/b17-15-,21-20-,24-23-,26-18-. The van der Waals surface area contributed by atoms with Crippen molar-refractivity contribution in [3.63, 3.8) is 0 Å². The normalized spacial score (nSPS) is 14.4. The van der Waals surface area contributed by atoms with Crippen molar-refractivity contribution < 1.29 is 43.0 Å². The Bertz CT molecular complexity index is 1040. The molecule has 3 N–H and O–H groups in total. The number of aliphatic hydroxyl groups is 2. The van der Waals surface area contributed by atoms with Gasteiger partial charge in [-0.1, -0.05) is 172 Å². The van der Waals surface area contributed by atoms with Crippen molar-refractivity contribution in [3.8, 4) is 0 Å². The SMILES string of the molecule is CCCCCCC/C=C\C/C=C\C/C=C\CCCCCCCCCOCC(COP(=O)(O)OCC(O)CO)OC(=O)CCCCCCC/C=C\CCCCCCCC. The van der Waals surface area contributed by atoms with E-state index in [0.717, 1.165) is 70.6 Å². The molecule has 3 unspecified atom stereocenters. The molecule has 0 aromatic rings. The van der Waals surface area contributed by atoms with E-state index < -0.39 is 39.2 Å². The zero-order valence-electron chi connectivity index (χ0n) is 37.3. The number of carbonyl (C=O) groups excluding carboxylic acids is 1. The van der Waals surface area contributed by atoms with Gasteiger partial charge in [0.1, 0.15) is 12.2 Å². The minimum absolute atomic E-state index is 0.0387. The maximum Gasteiger partial charge on any atom is 0.472 e. The summed E-state index contributed by atoms with van der Waals surface area (Å²) in [6.45, 7) is 3.48. The van der Waals surface area contributed by atoms with Crippen LogP contribution in [0.25, 0.3) is 0 Å². The monoisotopic (exact) mass is 841 g/mol. The maximum atomic E-state index is 12.6. The minimum Gasteiger partial charge on any atom is -0.457 e. The number of carbonyl (C=O) groups is 1. The lowest BCUT2D eigenvalue weighted by Gasteiger charge is -2.20. The van der Waals surface area contributed by atoms with Crippen LogP contribution in [0.15, 0.2) is 48.6 Å². The molecule has 340 valence electrons. The predicted molar refractivity (Wildman–Crippen MR) is 242 cm³/mol. The topological polar surface area (TPSA) is 132 Å². The molecule has 0 spiro atoms. The van der Waals surface area contributed by atoms with Crippen LogP contribution in [0.5, 0.6) is 0 Å². The third-order valence-corrected chi connectivity index (χ3v) is 10.9. The van der Waals surface area contributed by atoms with Gasteiger partial charge in [0.25, 0.3) is 0 Å². The highest BCUT2D eigenvalue weighted by molar-refractivity contribution is 7.47. The molecule has 3 atom stereocenters. The minimum atomic E-state index is -4.53. The molecule has 58 heavy (non-hydrogen) atoms. The summed E-state index contributed by atoms with van der Waals surface area (Å²) in [5.74, 6) is -0.395. The number of hydrogen-bond donors (Lipinski definition) is 3. The fourth-order valence-electron chi connectivity index (χ4n) is 6.36. The molecule has 0 aliphatic heterocycles. The van der Waals surface area contributed by atoms with Crippen LogP contribution in [0.2, 0.25) is 0 Å². The van der Waals surface area contributed by atoms with Crippen LogP contribution in [0.1, 0.15) is 206 Å². The first-order valence-corrected chi connectivity index (χ1v) is 25.1. The third-order valence-electron chi connectivity index (χ3n) is 9.99. The number of phosphoric ester groups is 1. The zero-order valence-corrected chi connectivity index (χ0v) is 38.2. The van der Waals surface area contributed by atoms with Gasteiger partial charge in [0.15, 0.2) is 0 Å². The van der Waals surface area contributed by atoms with E-state index >= 15 is 0 Å². The summed E-state index contributed by atoms with van der Waals surface area (Å²) >= 11 is 0. The van der Waals surface area contributed by atoms with Crippen molar-refractivity contribution >= 4 is 13.8 Å². The number of aliphatic hydroxyl groups excluding tert-OH is 2. The highest BCUT2D eigenvalue weighted by Gasteiger charge is 2.26. The van der Waals surface area contributed by atoms with Crippen LogP contribution in [0.3, 0.4) is 0 Å². The molecule has 0 bridgehead atoms. The molecule has 10 heteroatoms. The van der Waals surface area contributed by atoms with Gasteiger partial charge >= 0.3 is 13.8 Å². The van der Waals surface area contributed by atoms with Gasteiger partial charge in [-0.15, -0.1) is 0 Å². The van der Waals surface area contributed by atoms with Crippen LogP contribution < -0.4 is 0 Å². The number of unbranched alkanes of at least 4 members (excludes halogenated alkanes) is 23. The number of ether oxygens (including phenoxy) is 2. The van der Waals surface area contributed by atoms with Gasteiger partial charge in [0.05, 0.1) is 26.4 Å². The van der Waals surface area contributed by atoms with E-state index in [9.17, 15) is 19.4 Å². The number of rotatable bonds is 45. The number of allylic oxidation sites excluding steroid dienone is 8. The second-order valence-electron chi connectivity index (χ2n) is 15.8. The molecule has 0 saturated carbocycles. The van der Waals surface area contributed by atoms with E-state index in [2.05, 4.69) is 62.5 Å². The highest BCUT2D eigenvalue weighted by atomic mass is 31.2. The van der Waals surface area contributed by atoms with Crippen LogP contribution in [-0.4, -0.2) is 66.3 Å². The van der Waals surface area contributed by atoms with Crippen molar-refractivity contribution in [1.82, 2.24) is 0 Å². The molecule has 0 amide bonds. The number of esters is 1. The van der Waals surface area contributed by atoms with Gasteiger partial charge in [-0.05, 0) is 77.0 Å². The van der Waals surface area contributed by atoms with Crippen LogP contribution >= 0.6 is 7.82 Å². The molecule has 0 radical (unpaired) electrons. The lowest BCUT2D eigenvalue weighted by molar-refractivity contribution is -0.154. The summed E-state index contributed by atoms with van der Waals surface area (Å²) in [4.78, 5) is 22.6. The quantitative estimate of drug-likeness (QED) is 0.0237. The number of phosphoric acid groups is 1. The molecule has 0 rings (SSSR count). The van der Waals surface area contributed by atoms with Crippen molar-refractivity contribution in [2.45, 2.75) is 219 Å². The third kappa shape index (κ3) is 44.0. The summed E-state index contributed by atoms with van der Waals surface area (Å²) in [5, 5.41) is 18.4. The molecule has 0 aliphatic carbocycles. The summed E-state index contributed by atoms with van der Waals surface area (Å²) < 4.78 is 33.4. The lowest BCUT2D eigenvalue weighted by atomic mass is 10.1. The highest BCUT2D eigenvalue weighted by Crippen LogP contribution is 2.43. The van der Waals surface area contributed by atoms with Crippen molar-refractivity contribution in [3.05, 3.63) is 48.6 Å². The van der Waals surface area contributed by atoms with E-state index in [1.165, 1.54) is 109 Å². The van der Waals surface area contributed by atoms with E-state index in [1.807, 2.05) is 0 Å². The molecule has 0 heterocycles. The van der Waals surface area contributed by atoms with Crippen molar-refractivity contribution in [1.29, 1.82) is 0 Å². The predicted octanol–water partition coefficient (Wildman–Crippen LogP) is 13.4. The summed E-state index contributed by atoms with van der Waals surface area (Å²) in [7, 11) is -4.53. The summed E-state index contributed by atoms with van der Waals surface area (Å²) in [6, 6.07) is 0. The van der Waals surface area contributed by atoms with Crippen molar-refractivity contribution in [2.24, 2.45) is 0 Å². The second-order valence-corrected chi connectivity index (χ2v) is 17.2. The largest absolute Gasteiger partial charge is 0.472 e. The molecule has 0 aromatic carbocycles. The Morgan fingerprint density at radius 2 is 0.931 bits per heavy atom. The Kier molecular flexibility index (Phi) is 43.7. The Morgan fingerprint density at radius 3 is 1.41 bits per heavy atom. The average Bonchev–Trinajstić information content (AvgIpc) is 3.21. The zero-order chi connectivity index (χ0) is 42.5. The fraction of sp³-hybridized carbons (Fsp3) is 0.812. The molecule has 0 aromatic heterocycles. The first kappa shape index (κ1) is 56.4. The molecule has 0 saturated heterocycles. The molecule has 0 aliphatic rings. The van der Waals surface area contributed by atoms with E-state index in [1.54, 1.807) is 0 Å². The molecular weight excluding hydrogens is 751 g/mol. The second kappa shape index (κ2) is 45.0. The number of hydrogen-bond acceptors (Lipinski definition) is 8. The first-order valence-electron chi connectivity index (χ1n) is 23.6. The van der Waals surface area contributed by atoms with Crippen LogP contribution in [0, 0.1) is 0 Å². The van der Waals surface area contributed by atoms with E-state index in [4.69, 9.17) is 23.6 Å². The summed E-state index contributed by atoms with van der Waals surface area (Å²) in [5.41, 5.74) is 0. The van der Waals surface area contributed by atoms with Gasteiger partial charge in [-0.2, -0.15) is 0 Å². The van der Waals surface area contributed by atoms with E-state index in [-0.39, 0.29) is 19.6 Å². The van der Waals surface area contributed by atoms with Crippen LogP contribution in [0.4, 0.5) is 0 Å². The van der Waals surface area contributed by atoms with Gasteiger partial charge in [0, 0.05) is 13.0 Å². The van der Waals surface area contributed by atoms with Crippen LogP contribution in [-0.2, 0) is 27.9 Å². The molecule has 9 nitrogen and oxygen atoms in total. The molecular formula is C48H89O9P. The Morgan fingerprint density at radius 1 is 0.534 bits per heavy atom. The maximum absolute atomic E-state index is 12.6.